The quantitative estimate of drug-likeness (QED) is 0.448. The summed E-state index contributed by atoms with van der Waals surface area (Å²) in [4.78, 5) is 0. The van der Waals surface area contributed by atoms with Crippen LogP contribution < -0.4 is 0 Å². The minimum absolute atomic E-state index is 0.338. The van der Waals surface area contributed by atoms with E-state index in [4.69, 9.17) is 23.2 Å². The molecule has 1 heterocycles. The number of thioether (sulfide) groups is 1. The van der Waals surface area contributed by atoms with Crippen LogP contribution in [0.5, 0.6) is 0 Å². The Morgan fingerprint density at radius 1 is 0.957 bits per heavy atom. The van der Waals surface area contributed by atoms with Crippen molar-refractivity contribution >= 4 is 45.7 Å². The molecule has 1 fully saturated rings. The molecular weight excluding hydrogens is 347 g/mol. The van der Waals surface area contributed by atoms with Gasteiger partial charge in [0, 0.05) is 28.0 Å². The van der Waals surface area contributed by atoms with Crippen LogP contribution in [0.2, 0.25) is 0 Å². The van der Waals surface area contributed by atoms with E-state index in [9.17, 15) is 0 Å². The number of benzene rings is 2. The van der Waals surface area contributed by atoms with Gasteiger partial charge in [-0.25, -0.2) is 0 Å². The van der Waals surface area contributed by atoms with Gasteiger partial charge in [-0.3, -0.25) is 0 Å². The third-order valence-electron chi connectivity index (χ3n) is 4.08. The minimum Gasteiger partial charge on any atom is -0.149 e. The van der Waals surface area contributed by atoms with Gasteiger partial charge in [0.1, 0.15) is 15.1 Å². The highest BCUT2D eigenvalue weighted by Crippen LogP contribution is 2.55. The molecule has 2 nitrogen and oxygen atoms in total. The molecule has 1 saturated carbocycles. The fourth-order valence-corrected chi connectivity index (χ4v) is 4.53. The van der Waals surface area contributed by atoms with E-state index in [0.717, 1.165) is 39.2 Å². The minimum atomic E-state index is -0.541. The average Bonchev–Trinajstić information content (AvgIpc) is 3.20. The molecule has 1 unspecified atom stereocenters. The van der Waals surface area contributed by atoms with Crippen molar-refractivity contribution in [3.05, 3.63) is 54.6 Å². The van der Waals surface area contributed by atoms with Gasteiger partial charge < -0.3 is 0 Å². The normalized spacial score (nSPS) is 19.0. The van der Waals surface area contributed by atoms with Gasteiger partial charge in [0.15, 0.2) is 0 Å². The maximum absolute atomic E-state index is 6.11. The SMILES string of the molecule is ClC1(Cl)CC1CSc1nnc(-c2ccccc2)c2ccccc12. The second-order valence-electron chi connectivity index (χ2n) is 5.74. The van der Waals surface area contributed by atoms with Crippen LogP contribution in [0.3, 0.4) is 0 Å². The molecular formula is C18H14Cl2N2S. The lowest BCUT2D eigenvalue weighted by Crippen LogP contribution is -1.97. The zero-order valence-corrected chi connectivity index (χ0v) is 14.6. The van der Waals surface area contributed by atoms with Crippen molar-refractivity contribution in [2.75, 3.05) is 5.75 Å². The van der Waals surface area contributed by atoms with E-state index >= 15 is 0 Å². The summed E-state index contributed by atoms with van der Waals surface area (Å²) >= 11 is 13.9. The summed E-state index contributed by atoms with van der Waals surface area (Å²) < 4.78 is -0.541. The summed E-state index contributed by atoms with van der Waals surface area (Å²) in [7, 11) is 0. The van der Waals surface area contributed by atoms with E-state index in [1.54, 1.807) is 11.8 Å². The number of fused-ring (bicyclic) bond motifs is 1. The highest BCUT2D eigenvalue weighted by Gasteiger charge is 2.51. The molecule has 0 saturated heterocycles. The molecule has 1 aromatic heterocycles. The lowest BCUT2D eigenvalue weighted by atomic mass is 10.1. The lowest BCUT2D eigenvalue weighted by molar-refractivity contribution is 0.943. The Labute approximate surface area is 149 Å². The van der Waals surface area contributed by atoms with Gasteiger partial charge >= 0.3 is 0 Å². The van der Waals surface area contributed by atoms with Crippen molar-refractivity contribution < 1.29 is 0 Å². The van der Waals surface area contributed by atoms with E-state index in [0.29, 0.717) is 5.92 Å². The Morgan fingerprint density at radius 2 is 1.61 bits per heavy atom. The Kier molecular flexibility index (Phi) is 3.96. The van der Waals surface area contributed by atoms with Gasteiger partial charge in [0.25, 0.3) is 0 Å². The molecule has 0 aliphatic heterocycles. The third-order valence-corrected chi connectivity index (χ3v) is 6.15. The molecule has 2 aromatic carbocycles. The Hall–Kier alpha value is -1.29. The van der Waals surface area contributed by atoms with Crippen molar-refractivity contribution in [1.29, 1.82) is 0 Å². The summed E-state index contributed by atoms with van der Waals surface area (Å²) in [5.74, 6) is 1.21. The summed E-state index contributed by atoms with van der Waals surface area (Å²) in [6.07, 6.45) is 0.858. The third kappa shape index (κ3) is 3.06. The van der Waals surface area contributed by atoms with Crippen molar-refractivity contribution in [3.8, 4) is 11.3 Å². The number of halogens is 2. The smallest absolute Gasteiger partial charge is 0.127 e. The Balaban J connectivity index is 1.71. The maximum atomic E-state index is 6.11. The second kappa shape index (κ2) is 5.97. The molecule has 116 valence electrons. The molecule has 0 spiro atoms. The molecule has 23 heavy (non-hydrogen) atoms. The fraction of sp³-hybridized carbons (Fsp3) is 0.222. The van der Waals surface area contributed by atoms with E-state index in [-0.39, 0.29) is 0 Å². The first-order chi connectivity index (χ1) is 11.1. The maximum Gasteiger partial charge on any atom is 0.127 e. The summed E-state index contributed by atoms with van der Waals surface area (Å²) in [6, 6.07) is 18.4. The predicted octanol–water partition coefficient (Wildman–Crippen LogP) is 5.58. The number of hydrogen-bond donors (Lipinski definition) is 0. The lowest BCUT2D eigenvalue weighted by Gasteiger charge is -2.09. The fourth-order valence-electron chi connectivity index (χ4n) is 2.63. The van der Waals surface area contributed by atoms with E-state index in [1.165, 1.54) is 0 Å². The molecule has 0 N–H and O–H groups in total. The predicted molar refractivity (Wildman–Crippen MR) is 98.2 cm³/mol. The van der Waals surface area contributed by atoms with Crippen molar-refractivity contribution in [1.82, 2.24) is 10.2 Å². The molecule has 1 aliphatic carbocycles. The van der Waals surface area contributed by atoms with Crippen molar-refractivity contribution in [2.45, 2.75) is 15.8 Å². The van der Waals surface area contributed by atoms with Gasteiger partial charge in [-0.15, -0.1) is 45.2 Å². The number of nitrogens with zero attached hydrogens (tertiary/aromatic N) is 2. The van der Waals surface area contributed by atoms with Gasteiger partial charge in [0.2, 0.25) is 0 Å². The molecule has 1 aliphatic rings. The molecule has 0 radical (unpaired) electrons. The number of aromatic nitrogens is 2. The van der Waals surface area contributed by atoms with Gasteiger partial charge in [0.05, 0.1) is 0 Å². The zero-order chi connectivity index (χ0) is 15.9. The van der Waals surface area contributed by atoms with Gasteiger partial charge in [-0.2, -0.15) is 0 Å². The van der Waals surface area contributed by atoms with Crippen molar-refractivity contribution in [3.63, 3.8) is 0 Å². The van der Waals surface area contributed by atoms with Crippen LogP contribution in [0.15, 0.2) is 59.6 Å². The van der Waals surface area contributed by atoms with Gasteiger partial charge in [-0.05, 0) is 6.42 Å². The highest BCUT2D eigenvalue weighted by molar-refractivity contribution is 7.99. The van der Waals surface area contributed by atoms with Crippen LogP contribution in [0.4, 0.5) is 0 Å². The molecule has 3 aromatic rings. The molecule has 5 heteroatoms. The van der Waals surface area contributed by atoms with Crippen LogP contribution in [0.1, 0.15) is 6.42 Å². The first-order valence-corrected chi connectivity index (χ1v) is 9.21. The first kappa shape index (κ1) is 15.3. The van der Waals surface area contributed by atoms with Crippen molar-refractivity contribution in [2.24, 2.45) is 5.92 Å². The summed E-state index contributed by atoms with van der Waals surface area (Å²) in [5.41, 5.74) is 2.00. The van der Waals surface area contributed by atoms with Crippen LogP contribution in [0.25, 0.3) is 22.0 Å². The van der Waals surface area contributed by atoms with E-state index < -0.39 is 4.33 Å². The average molecular weight is 361 g/mol. The topological polar surface area (TPSA) is 25.8 Å². The standard InChI is InChI=1S/C18H14Cl2N2S/c19-18(20)10-13(18)11-23-17-15-9-5-4-8-14(15)16(21-22-17)12-6-2-1-3-7-12/h1-9,13H,10-11H2. The highest BCUT2D eigenvalue weighted by atomic mass is 35.5. The number of alkyl halides is 2. The van der Waals surface area contributed by atoms with Crippen LogP contribution >= 0.6 is 35.0 Å². The van der Waals surface area contributed by atoms with Gasteiger partial charge in [-0.1, -0.05) is 54.6 Å². The van der Waals surface area contributed by atoms with E-state index in [2.05, 4.69) is 34.5 Å². The molecule has 0 bridgehead atoms. The van der Waals surface area contributed by atoms with Crippen LogP contribution in [-0.2, 0) is 0 Å². The summed E-state index contributed by atoms with van der Waals surface area (Å²) in [6.45, 7) is 0. The number of rotatable bonds is 4. The monoisotopic (exact) mass is 360 g/mol. The molecule has 0 amide bonds. The molecule has 4 rings (SSSR count). The zero-order valence-electron chi connectivity index (χ0n) is 12.2. The number of hydrogen-bond acceptors (Lipinski definition) is 3. The Morgan fingerprint density at radius 3 is 2.30 bits per heavy atom. The summed E-state index contributed by atoms with van der Waals surface area (Å²) in [5, 5.41) is 12.1. The molecule has 1 atom stereocenters. The van der Waals surface area contributed by atoms with E-state index in [1.807, 2.05) is 30.3 Å². The second-order valence-corrected chi connectivity index (χ2v) is 8.29. The first-order valence-electron chi connectivity index (χ1n) is 7.46. The Bertz CT molecular complexity index is 852. The van der Waals surface area contributed by atoms with Crippen LogP contribution in [-0.4, -0.2) is 20.3 Å². The largest absolute Gasteiger partial charge is 0.149 e. The van der Waals surface area contributed by atoms with Crippen LogP contribution in [0, 0.1) is 5.92 Å².